The van der Waals surface area contributed by atoms with Crippen molar-refractivity contribution in [2.24, 2.45) is 0 Å². The second-order valence-corrected chi connectivity index (χ2v) is 6.91. The molecule has 4 rings (SSSR count). The second kappa shape index (κ2) is 7.18. The van der Waals surface area contributed by atoms with E-state index < -0.39 is 11.6 Å². The first-order chi connectivity index (χ1) is 13.8. The monoisotopic (exact) mass is 412 g/mol. The Kier molecular flexibility index (Phi) is 4.68. The number of rotatable bonds is 3. The summed E-state index contributed by atoms with van der Waals surface area (Å²) in [5.74, 6) is -2.05. The molecule has 4 aromatic rings. The Bertz CT molecular complexity index is 1250. The number of imidazole rings is 1. The fourth-order valence-electron chi connectivity index (χ4n) is 3.21. The Morgan fingerprint density at radius 1 is 1.07 bits per heavy atom. The Hall–Kier alpha value is -3.45. The van der Waals surface area contributed by atoms with E-state index in [0.29, 0.717) is 21.9 Å². The molecule has 3 aromatic carbocycles. The highest BCUT2D eigenvalue weighted by Gasteiger charge is 2.15. The van der Waals surface area contributed by atoms with Crippen LogP contribution in [0, 0.1) is 11.6 Å². The van der Waals surface area contributed by atoms with Gasteiger partial charge < -0.3 is 11.1 Å². The maximum atomic E-state index is 13.7. The summed E-state index contributed by atoms with van der Waals surface area (Å²) < 4.78 is 28.7. The zero-order chi connectivity index (χ0) is 20.7. The number of anilines is 2. The summed E-state index contributed by atoms with van der Waals surface area (Å²) in [5, 5.41) is 3.30. The van der Waals surface area contributed by atoms with Crippen LogP contribution >= 0.6 is 11.6 Å². The summed E-state index contributed by atoms with van der Waals surface area (Å²) in [5.41, 5.74) is 9.39. The van der Waals surface area contributed by atoms with E-state index in [1.807, 2.05) is 12.1 Å². The van der Waals surface area contributed by atoms with Gasteiger partial charge in [0.1, 0.15) is 0 Å². The molecule has 8 heteroatoms. The fourth-order valence-corrected chi connectivity index (χ4v) is 3.38. The zero-order valence-electron chi connectivity index (χ0n) is 15.2. The Balaban J connectivity index is 1.80. The van der Waals surface area contributed by atoms with Crippen molar-refractivity contribution in [2.75, 3.05) is 11.1 Å². The van der Waals surface area contributed by atoms with Crippen molar-refractivity contribution >= 4 is 40.2 Å². The molecule has 0 unspecified atom stereocenters. The first-order valence-electron chi connectivity index (χ1n) is 8.64. The first-order valence-corrected chi connectivity index (χ1v) is 9.02. The minimum Gasteiger partial charge on any atom is -0.369 e. The van der Waals surface area contributed by atoms with Crippen LogP contribution in [-0.2, 0) is 4.79 Å². The lowest BCUT2D eigenvalue weighted by Gasteiger charge is -2.12. The second-order valence-electron chi connectivity index (χ2n) is 6.48. The Labute approximate surface area is 169 Å². The molecule has 0 saturated heterocycles. The molecular weight excluding hydrogens is 398 g/mol. The molecule has 1 aromatic heterocycles. The average Bonchev–Trinajstić information content (AvgIpc) is 2.98. The predicted molar refractivity (Wildman–Crippen MR) is 110 cm³/mol. The van der Waals surface area contributed by atoms with Crippen molar-refractivity contribution in [3.63, 3.8) is 0 Å². The molecule has 0 saturated carbocycles. The van der Waals surface area contributed by atoms with Crippen molar-refractivity contribution < 1.29 is 13.6 Å². The number of amides is 1. The highest BCUT2D eigenvalue weighted by molar-refractivity contribution is 6.31. The lowest BCUT2D eigenvalue weighted by atomic mass is 10.0. The van der Waals surface area contributed by atoms with Gasteiger partial charge in [0.2, 0.25) is 11.9 Å². The van der Waals surface area contributed by atoms with Gasteiger partial charge in [-0.1, -0.05) is 23.7 Å². The van der Waals surface area contributed by atoms with Crippen LogP contribution < -0.4 is 11.1 Å². The topological polar surface area (TPSA) is 72.9 Å². The number of nitrogens with two attached hydrogens (primary N) is 1. The van der Waals surface area contributed by atoms with Gasteiger partial charge in [-0.15, -0.1) is 0 Å². The van der Waals surface area contributed by atoms with E-state index in [1.54, 1.807) is 30.3 Å². The lowest BCUT2D eigenvalue weighted by Crippen LogP contribution is -2.07. The number of aromatic nitrogens is 2. The molecule has 0 aliphatic rings. The van der Waals surface area contributed by atoms with E-state index in [2.05, 4.69) is 10.3 Å². The average molecular weight is 413 g/mol. The van der Waals surface area contributed by atoms with Gasteiger partial charge in [0.05, 0.1) is 11.0 Å². The largest absolute Gasteiger partial charge is 0.369 e. The van der Waals surface area contributed by atoms with Crippen LogP contribution in [0.2, 0.25) is 5.02 Å². The minimum atomic E-state index is -0.982. The van der Waals surface area contributed by atoms with Crippen LogP contribution in [0.1, 0.15) is 6.92 Å². The molecule has 0 aliphatic carbocycles. The van der Waals surface area contributed by atoms with E-state index in [9.17, 15) is 13.6 Å². The number of nitrogens with one attached hydrogen (secondary N) is 1. The van der Waals surface area contributed by atoms with Crippen molar-refractivity contribution in [3.8, 4) is 16.8 Å². The van der Waals surface area contributed by atoms with Crippen LogP contribution in [0.3, 0.4) is 0 Å². The van der Waals surface area contributed by atoms with Crippen LogP contribution in [0.25, 0.3) is 27.8 Å². The maximum absolute atomic E-state index is 13.7. The third-order valence-electron chi connectivity index (χ3n) is 4.45. The number of benzene rings is 3. The third kappa shape index (κ3) is 3.52. The molecular formula is C21H15ClF2N4O. The summed E-state index contributed by atoms with van der Waals surface area (Å²) in [6, 6.07) is 14.4. The molecule has 0 bridgehead atoms. The van der Waals surface area contributed by atoms with Crippen LogP contribution in [0.5, 0.6) is 0 Å². The molecule has 5 nitrogen and oxygen atoms in total. The third-order valence-corrected chi connectivity index (χ3v) is 4.69. The molecule has 0 fully saturated rings. The Morgan fingerprint density at radius 3 is 2.45 bits per heavy atom. The van der Waals surface area contributed by atoms with E-state index in [0.717, 1.165) is 23.3 Å². The number of halogens is 3. The predicted octanol–water partition coefficient (Wildman–Crippen LogP) is 5.16. The molecule has 0 spiro atoms. The number of hydrogen-bond acceptors (Lipinski definition) is 3. The van der Waals surface area contributed by atoms with E-state index >= 15 is 0 Å². The summed E-state index contributed by atoms with van der Waals surface area (Å²) in [4.78, 5) is 15.6. The maximum Gasteiger partial charge on any atom is 0.221 e. The van der Waals surface area contributed by atoms with Crippen LogP contribution in [0.4, 0.5) is 20.4 Å². The van der Waals surface area contributed by atoms with Crippen LogP contribution in [-0.4, -0.2) is 15.5 Å². The molecule has 146 valence electrons. The van der Waals surface area contributed by atoms with Gasteiger partial charge in [0, 0.05) is 41.0 Å². The van der Waals surface area contributed by atoms with Gasteiger partial charge in [-0.3, -0.25) is 9.36 Å². The Morgan fingerprint density at radius 2 is 1.76 bits per heavy atom. The quantitative estimate of drug-likeness (QED) is 0.488. The number of carbonyl (C=O) groups excluding carboxylic acids is 1. The zero-order valence-corrected chi connectivity index (χ0v) is 16.0. The van der Waals surface area contributed by atoms with E-state index in [1.165, 1.54) is 11.5 Å². The molecule has 0 aliphatic heterocycles. The number of nitrogens with zero attached hydrogens (tertiary/aromatic N) is 2. The lowest BCUT2D eigenvalue weighted by molar-refractivity contribution is -0.114. The van der Waals surface area contributed by atoms with E-state index in [-0.39, 0.29) is 17.4 Å². The van der Waals surface area contributed by atoms with Crippen molar-refractivity contribution in [2.45, 2.75) is 6.92 Å². The SMILES string of the molecule is CC(=O)Nc1ccc(Cl)cc1-c1ccc(-n2c(N)nc3cc(F)c(F)cc32)cc1. The normalized spacial score (nSPS) is 11.0. The molecule has 3 N–H and O–H groups in total. The van der Waals surface area contributed by atoms with Gasteiger partial charge >= 0.3 is 0 Å². The molecule has 29 heavy (non-hydrogen) atoms. The number of fused-ring (bicyclic) bond motifs is 1. The van der Waals surface area contributed by atoms with E-state index in [4.69, 9.17) is 17.3 Å². The minimum absolute atomic E-state index is 0.111. The van der Waals surface area contributed by atoms with Crippen molar-refractivity contribution in [3.05, 3.63) is 71.3 Å². The van der Waals surface area contributed by atoms with Gasteiger partial charge in [-0.05, 0) is 35.9 Å². The smallest absolute Gasteiger partial charge is 0.221 e. The molecule has 0 atom stereocenters. The van der Waals surface area contributed by atoms with Crippen molar-refractivity contribution in [1.82, 2.24) is 9.55 Å². The number of carbonyl (C=O) groups is 1. The highest BCUT2D eigenvalue weighted by Crippen LogP contribution is 2.32. The summed E-state index contributed by atoms with van der Waals surface area (Å²) in [7, 11) is 0. The standard InChI is InChI=1S/C21H15ClF2N4O/c1-11(29)26-18-7-4-13(22)8-15(18)12-2-5-14(6-3-12)28-20-10-17(24)16(23)9-19(20)27-21(28)25/h2-10H,1H3,(H2,25,27)(H,26,29). The van der Waals surface area contributed by atoms with Gasteiger partial charge in [-0.25, -0.2) is 13.8 Å². The summed E-state index contributed by atoms with van der Waals surface area (Å²) in [6.07, 6.45) is 0. The van der Waals surface area contributed by atoms with Gasteiger partial charge in [0.25, 0.3) is 0 Å². The molecule has 0 radical (unpaired) electrons. The highest BCUT2D eigenvalue weighted by atomic mass is 35.5. The fraction of sp³-hybridized carbons (Fsp3) is 0.0476. The number of hydrogen-bond donors (Lipinski definition) is 2. The molecule has 1 heterocycles. The molecule has 1 amide bonds. The first kappa shape index (κ1) is 18.9. The van der Waals surface area contributed by atoms with Crippen molar-refractivity contribution in [1.29, 1.82) is 0 Å². The number of nitrogen functional groups attached to an aromatic ring is 1. The van der Waals surface area contributed by atoms with Gasteiger partial charge in [0.15, 0.2) is 11.6 Å². The van der Waals surface area contributed by atoms with Gasteiger partial charge in [-0.2, -0.15) is 0 Å². The van der Waals surface area contributed by atoms with Crippen LogP contribution in [0.15, 0.2) is 54.6 Å². The summed E-state index contributed by atoms with van der Waals surface area (Å²) >= 11 is 6.12. The summed E-state index contributed by atoms with van der Waals surface area (Å²) in [6.45, 7) is 1.43.